The molecule has 1 atom stereocenters. The van der Waals surface area contributed by atoms with Crippen LogP contribution < -0.4 is 5.32 Å². The van der Waals surface area contributed by atoms with E-state index in [4.69, 9.17) is 4.74 Å². The number of nitrogens with one attached hydrogen (secondary N) is 1. The van der Waals surface area contributed by atoms with E-state index in [9.17, 15) is 18.8 Å². The van der Waals surface area contributed by atoms with Gasteiger partial charge < -0.3 is 15.0 Å². The Morgan fingerprint density at radius 2 is 1.49 bits per heavy atom. The summed E-state index contributed by atoms with van der Waals surface area (Å²) in [4.78, 5) is 43.6. The van der Waals surface area contributed by atoms with E-state index in [1.54, 1.807) is 4.90 Å². The molecule has 0 bridgehead atoms. The zero-order valence-corrected chi connectivity index (χ0v) is 21.9. The fourth-order valence-electron chi connectivity index (χ4n) is 5.33. The molecule has 2 saturated heterocycles. The lowest BCUT2D eigenvalue weighted by atomic mass is 9.96. The Kier molecular flexibility index (Phi) is 7.74. The number of carbonyl (C=O) groups is 3. The number of hydrogen-bond acceptors (Lipinski definition) is 4. The lowest BCUT2D eigenvalue weighted by Crippen LogP contribution is -2.59. The van der Waals surface area contributed by atoms with Crippen molar-refractivity contribution in [2.24, 2.45) is 0 Å². The number of aryl methyl sites for hydroxylation is 1. The predicted octanol–water partition coefficient (Wildman–Crippen LogP) is 4.18. The number of ether oxygens (including phenoxy) is 1. The second kappa shape index (κ2) is 11.4. The third-order valence-electron chi connectivity index (χ3n) is 7.62. The Hall–Kier alpha value is -4.04. The number of halogens is 1. The van der Waals surface area contributed by atoms with Gasteiger partial charge in [-0.25, -0.2) is 4.39 Å². The molecule has 1 unspecified atom stereocenters. The number of piperidine rings is 1. The van der Waals surface area contributed by atoms with Crippen molar-refractivity contribution in [1.82, 2.24) is 15.1 Å². The van der Waals surface area contributed by atoms with Crippen LogP contribution in [0.4, 0.5) is 4.39 Å². The number of benzene rings is 3. The molecule has 3 amide bonds. The lowest BCUT2D eigenvalue weighted by Gasteiger charge is -2.44. The molecule has 39 heavy (non-hydrogen) atoms. The average molecular weight is 530 g/mol. The van der Waals surface area contributed by atoms with Crippen molar-refractivity contribution in [1.29, 1.82) is 0 Å². The molecule has 2 aliphatic heterocycles. The van der Waals surface area contributed by atoms with Gasteiger partial charge in [-0.05, 0) is 53.9 Å². The van der Waals surface area contributed by atoms with Crippen LogP contribution in [0.1, 0.15) is 51.6 Å². The van der Waals surface area contributed by atoms with E-state index in [-0.39, 0.29) is 24.0 Å². The summed E-state index contributed by atoms with van der Waals surface area (Å²) in [5.74, 6) is -1.24. The molecule has 3 aromatic rings. The van der Waals surface area contributed by atoms with Crippen molar-refractivity contribution in [3.8, 4) is 0 Å². The third-order valence-corrected chi connectivity index (χ3v) is 7.62. The van der Waals surface area contributed by atoms with Gasteiger partial charge in [0.15, 0.2) is 0 Å². The van der Waals surface area contributed by atoms with Gasteiger partial charge in [0.2, 0.25) is 5.91 Å². The molecule has 5 rings (SSSR count). The number of carbonyl (C=O) groups excluding carboxylic acids is 3. The van der Waals surface area contributed by atoms with Gasteiger partial charge >= 0.3 is 0 Å². The molecule has 8 heteroatoms. The van der Waals surface area contributed by atoms with Crippen molar-refractivity contribution in [2.45, 2.75) is 44.5 Å². The van der Waals surface area contributed by atoms with Crippen LogP contribution in [-0.4, -0.2) is 59.0 Å². The zero-order chi connectivity index (χ0) is 27.4. The minimum atomic E-state index is -1.04. The summed E-state index contributed by atoms with van der Waals surface area (Å²) in [6.07, 6.45) is 1.62. The van der Waals surface area contributed by atoms with Crippen molar-refractivity contribution in [2.75, 3.05) is 19.7 Å². The number of nitrogens with zero attached hydrogens (tertiary/aromatic N) is 2. The fourth-order valence-corrected chi connectivity index (χ4v) is 5.33. The van der Waals surface area contributed by atoms with Crippen LogP contribution >= 0.6 is 0 Å². The summed E-state index contributed by atoms with van der Waals surface area (Å²) in [6, 6.07) is 21.6. The number of hydrogen-bond donors (Lipinski definition) is 1. The smallest absolute Gasteiger partial charge is 0.256 e. The van der Waals surface area contributed by atoms with Gasteiger partial charge in [-0.3, -0.25) is 19.3 Å². The van der Waals surface area contributed by atoms with Crippen LogP contribution in [-0.2, 0) is 22.5 Å². The van der Waals surface area contributed by atoms with E-state index in [0.717, 1.165) is 17.5 Å². The molecule has 1 N–H and O–H groups in total. The van der Waals surface area contributed by atoms with Crippen molar-refractivity contribution in [3.63, 3.8) is 0 Å². The first kappa shape index (κ1) is 26.6. The normalized spacial score (nSPS) is 18.3. The van der Waals surface area contributed by atoms with Gasteiger partial charge in [-0.1, -0.05) is 49.4 Å². The van der Waals surface area contributed by atoms with Crippen LogP contribution in [0.2, 0.25) is 0 Å². The molecule has 3 aromatic carbocycles. The lowest BCUT2D eigenvalue weighted by molar-refractivity contribution is -0.128. The molecule has 202 valence electrons. The topological polar surface area (TPSA) is 79.0 Å². The Morgan fingerprint density at radius 1 is 0.872 bits per heavy atom. The zero-order valence-electron chi connectivity index (χ0n) is 21.9. The number of amides is 3. The Balaban J connectivity index is 1.34. The summed E-state index contributed by atoms with van der Waals surface area (Å²) in [5.41, 5.74) is 1.96. The maximum atomic E-state index is 13.8. The van der Waals surface area contributed by atoms with E-state index >= 15 is 0 Å². The monoisotopic (exact) mass is 529 g/mol. The quantitative estimate of drug-likeness (QED) is 0.520. The molecular formula is C31H32FN3O4. The molecule has 0 aliphatic carbocycles. The van der Waals surface area contributed by atoms with Crippen molar-refractivity contribution < 1.29 is 23.5 Å². The molecule has 0 radical (unpaired) electrons. The van der Waals surface area contributed by atoms with Gasteiger partial charge in [0.25, 0.3) is 11.8 Å². The maximum Gasteiger partial charge on any atom is 0.256 e. The summed E-state index contributed by atoms with van der Waals surface area (Å²) < 4.78 is 19.8. The maximum absolute atomic E-state index is 13.8. The summed E-state index contributed by atoms with van der Waals surface area (Å²) >= 11 is 0. The van der Waals surface area contributed by atoms with Crippen molar-refractivity contribution in [3.05, 3.63) is 107 Å². The standard InChI is InChI=1S/C31H32FN3O4/c1-2-22-8-10-24(11-9-22)29(37)34-18-16-31(17-19-34)35(30(38)25-12-14-26(32)15-13-25)27(21-39-31)28(36)33-20-23-6-4-3-5-7-23/h3-15,27H,2,16-21H2,1H3,(H,33,36). The highest BCUT2D eigenvalue weighted by atomic mass is 19.1. The van der Waals surface area contributed by atoms with E-state index in [2.05, 4.69) is 12.2 Å². The van der Waals surface area contributed by atoms with Crippen LogP contribution in [0.25, 0.3) is 0 Å². The average Bonchev–Trinajstić information content (AvgIpc) is 3.35. The predicted molar refractivity (Wildman–Crippen MR) is 144 cm³/mol. The molecule has 2 fully saturated rings. The van der Waals surface area contributed by atoms with Crippen LogP contribution in [0.3, 0.4) is 0 Å². The summed E-state index contributed by atoms with van der Waals surface area (Å²) in [6.45, 7) is 3.18. The number of likely N-dealkylation sites (tertiary alicyclic amines) is 1. The van der Waals surface area contributed by atoms with Gasteiger partial charge in [-0.2, -0.15) is 0 Å². The first-order valence-electron chi connectivity index (χ1n) is 13.3. The van der Waals surface area contributed by atoms with Crippen molar-refractivity contribution >= 4 is 17.7 Å². The van der Waals surface area contributed by atoms with Gasteiger partial charge in [0, 0.05) is 43.6 Å². The Labute approximate surface area is 227 Å². The van der Waals surface area contributed by atoms with Crippen LogP contribution in [0, 0.1) is 5.82 Å². The fraction of sp³-hybridized carbons (Fsp3) is 0.323. The molecule has 2 heterocycles. The second-order valence-corrected chi connectivity index (χ2v) is 10.0. The van der Waals surface area contributed by atoms with Crippen LogP contribution in [0.5, 0.6) is 0 Å². The SMILES string of the molecule is CCc1ccc(C(=O)N2CCC3(CC2)OCC(C(=O)NCc2ccccc2)N3C(=O)c2ccc(F)cc2)cc1. The molecule has 0 saturated carbocycles. The van der Waals surface area contributed by atoms with E-state index in [0.29, 0.717) is 38.0 Å². The van der Waals surface area contributed by atoms with E-state index < -0.39 is 23.5 Å². The summed E-state index contributed by atoms with van der Waals surface area (Å²) in [5, 5.41) is 2.93. The highest BCUT2D eigenvalue weighted by molar-refractivity contribution is 5.98. The Bertz CT molecular complexity index is 1320. The van der Waals surface area contributed by atoms with E-state index in [1.807, 2.05) is 54.6 Å². The first-order chi connectivity index (χ1) is 18.9. The Morgan fingerprint density at radius 3 is 2.13 bits per heavy atom. The van der Waals surface area contributed by atoms with Gasteiger partial charge in [-0.15, -0.1) is 0 Å². The first-order valence-corrected chi connectivity index (χ1v) is 13.3. The highest BCUT2D eigenvalue weighted by Crippen LogP contribution is 2.39. The van der Waals surface area contributed by atoms with Gasteiger partial charge in [0.05, 0.1) is 6.61 Å². The summed E-state index contributed by atoms with van der Waals surface area (Å²) in [7, 11) is 0. The second-order valence-electron chi connectivity index (χ2n) is 10.0. The third kappa shape index (κ3) is 5.56. The molecule has 7 nitrogen and oxygen atoms in total. The highest BCUT2D eigenvalue weighted by Gasteiger charge is 2.54. The minimum absolute atomic E-state index is 0.0417. The minimum Gasteiger partial charge on any atom is -0.353 e. The van der Waals surface area contributed by atoms with Gasteiger partial charge in [0.1, 0.15) is 17.6 Å². The molecule has 1 spiro atoms. The molecule has 0 aromatic heterocycles. The van der Waals surface area contributed by atoms with E-state index in [1.165, 1.54) is 29.2 Å². The number of rotatable bonds is 6. The molecule has 2 aliphatic rings. The largest absolute Gasteiger partial charge is 0.353 e. The van der Waals surface area contributed by atoms with Crippen LogP contribution in [0.15, 0.2) is 78.9 Å². The molecular weight excluding hydrogens is 497 g/mol.